The summed E-state index contributed by atoms with van der Waals surface area (Å²) >= 11 is 0. The smallest absolute Gasteiger partial charge is 0.370 e. The third-order valence-electron chi connectivity index (χ3n) is 3.99. The van der Waals surface area contributed by atoms with Gasteiger partial charge < -0.3 is 15.0 Å². The monoisotopic (exact) mass is 304 g/mol. The molecule has 1 atom stereocenters. The minimum absolute atomic E-state index is 0.000191. The Morgan fingerprint density at radius 2 is 2.10 bits per heavy atom. The zero-order chi connectivity index (χ0) is 15.8. The van der Waals surface area contributed by atoms with Crippen LogP contribution in [-0.4, -0.2) is 24.0 Å². The standard InChI is InChI=1S/C15H23F3N2O/c1-10-6-11-12(19)7-14(2,3)8-13(11)20(10)4-5-21-9-15(16,17)18/h6,12H,4-5,7-9,19H2,1-3H3. The first-order valence-electron chi connectivity index (χ1n) is 7.18. The Kier molecular flexibility index (Phi) is 4.40. The number of hydrogen-bond donors (Lipinski definition) is 1. The van der Waals surface area contributed by atoms with Crippen molar-refractivity contribution in [1.82, 2.24) is 4.57 Å². The molecule has 1 aliphatic carbocycles. The molecule has 0 amide bonds. The van der Waals surface area contributed by atoms with Gasteiger partial charge in [-0.1, -0.05) is 13.8 Å². The Morgan fingerprint density at radius 3 is 2.71 bits per heavy atom. The van der Waals surface area contributed by atoms with Gasteiger partial charge in [0, 0.05) is 24.0 Å². The summed E-state index contributed by atoms with van der Waals surface area (Å²) in [5.74, 6) is 0. The van der Waals surface area contributed by atoms with Gasteiger partial charge in [0.25, 0.3) is 0 Å². The molecule has 6 heteroatoms. The second-order valence-electron chi connectivity index (χ2n) is 6.66. The molecule has 0 spiro atoms. The molecule has 120 valence electrons. The number of fused-ring (bicyclic) bond motifs is 1. The first kappa shape index (κ1) is 16.4. The van der Waals surface area contributed by atoms with Crippen LogP contribution in [0.1, 0.15) is 43.3 Å². The van der Waals surface area contributed by atoms with Crippen LogP contribution in [0, 0.1) is 12.3 Å². The molecule has 0 fully saturated rings. The maximum Gasteiger partial charge on any atom is 0.411 e. The number of alkyl halides is 3. The molecule has 1 unspecified atom stereocenters. The molecule has 0 saturated carbocycles. The van der Waals surface area contributed by atoms with Crippen molar-refractivity contribution in [2.24, 2.45) is 11.1 Å². The maximum atomic E-state index is 12.1. The van der Waals surface area contributed by atoms with Gasteiger partial charge in [-0.25, -0.2) is 0 Å². The zero-order valence-corrected chi connectivity index (χ0v) is 12.8. The van der Waals surface area contributed by atoms with Crippen molar-refractivity contribution in [2.75, 3.05) is 13.2 Å². The Bertz CT molecular complexity index is 506. The van der Waals surface area contributed by atoms with Crippen LogP contribution in [0.4, 0.5) is 13.2 Å². The van der Waals surface area contributed by atoms with E-state index in [-0.39, 0.29) is 18.1 Å². The molecular formula is C15H23F3N2O. The third-order valence-corrected chi connectivity index (χ3v) is 3.99. The highest BCUT2D eigenvalue weighted by atomic mass is 19.4. The van der Waals surface area contributed by atoms with E-state index in [4.69, 9.17) is 10.5 Å². The van der Waals surface area contributed by atoms with Crippen LogP contribution in [0.2, 0.25) is 0 Å². The van der Waals surface area contributed by atoms with Crippen molar-refractivity contribution < 1.29 is 17.9 Å². The Morgan fingerprint density at radius 1 is 1.43 bits per heavy atom. The SMILES string of the molecule is Cc1cc2c(n1CCOCC(F)(F)F)CC(C)(C)CC2N. The molecule has 21 heavy (non-hydrogen) atoms. The molecule has 0 saturated heterocycles. The fourth-order valence-electron chi connectivity index (χ4n) is 3.16. The largest absolute Gasteiger partial charge is 0.411 e. The molecule has 3 nitrogen and oxygen atoms in total. The molecular weight excluding hydrogens is 281 g/mol. The number of rotatable bonds is 4. The third kappa shape index (κ3) is 4.01. The van der Waals surface area contributed by atoms with E-state index >= 15 is 0 Å². The van der Waals surface area contributed by atoms with Crippen molar-refractivity contribution >= 4 is 0 Å². The summed E-state index contributed by atoms with van der Waals surface area (Å²) in [4.78, 5) is 0. The van der Waals surface area contributed by atoms with Gasteiger partial charge in [0.15, 0.2) is 0 Å². The highest BCUT2D eigenvalue weighted by molar-refractivity contribution is 5.34. The van der Waals surface area contributed by atoms with E-state index in [1.165, 1.54) is 0 Å². The number of ether oxygens (including phenoxy) is 1. The molecule has 1 aromatic rings. The molecule has 1 aromatic heterocycles. The van der Waals surface area contributed by atoms with Crippen LogP contribution >= 0.6 is 0 Å². The highest BCUT2D eigenvalue weighted by Gasteiger charge is 2.33. The Hall–Kier alpha value is -1.01. The maximum absolute atomic E-state index is 12.1. The molecule has 0 aromatic carbocycles. The van der Waals surface area contributed by atoms with Crippen LogP contribution in [0.5, 0.6) is 0 Å². The van der Waals surface area contributed by atoms with Gasteiger partial charge in [0.05, 0.1) is 6.61 Å². The quantitative estimate of drug-likeness (QED) is 0.867. The number of aromatic nitrogens is 1. The van der Waals surface area contributed by atoms with Gasteiger partial charge in [0.2, 0.25) is 0 Å². The lowest BCUT2D eigenvalue weighted by molar-refractivity contribution is -0.174. The summed E-state index contributed by atoms with van der Waals surface area (Å²) in [5.41, 5.74) is 9.64. The predicted molar refractivity (Wildman–Crippen MR) is 75.1 cm³/mol. The highest BCUT2D eigenvalue weighted by Crippen LogP contribution is 2.40. The van der Waals surface area contributed by atoms with E-state index in [9.17, 15) is 13.2 Å². The summed E-state index contributed by atoms with van der Waals surface area (Å²) in [6.45, 7) is 5.59. The Labute approximate surface area is 123 Å². The van der Waals surface area contributed by atoms with E-state index in [0.29, 0.717) is 6.54 Å². The van der Waals surface area contributed by atoms with Crippen molar-refractivity contribution in [3.8, 4) is 0 Å². The average Bonchev–Trinajstić information content (AvgIpc) is 2.59. The zero-order valence-electron chi connectivity index (χ0n) is 12.8. The van der Waals surface area contributed by atoms with E-state index in [1.54, 1.807) is 0 Å². The summed E-state index contributed by atoms with van der Waals surface area (Å²) in [6.07, 6.45) is -2.45. The predicted octanol–water partition coefficient (Wildman–Crippen LogP) is 3.35. The summed E-state index contributed by atoms with van der Waals surface area (Å²) in [6, 6.07) is 2.05. The van der Waals surface area contributed by atoms with Crippen molar-refractivity contribution in [3.05, 3.63) is 23.0 Å². The molecule has 1 heterocycles. The number of halogens is 3. The number of nitrogens with zero attached hydrogens (tertiary/aromatic N) is 1. The first-order valence-corrected chi connectivity index (χ1v) is 7.18. The minimum atomic E-state index is -4.27. The second kappa shape index (κ2) is 5.65. The van der Waals surface area contributed by atoms with Crippen LogP contribution < -0.4 is 5.73 Å². The molecule has 0 aliphatic heterocycles. The van der Waals surface area contributed by atoms with E-state index < -0.39 is 12.8 Å². The summed E-state index contributed by atoms with van der Waals surface area (Å²) < 4.78 is 43.0. The topological polar surface area (TPSA) is 40.2 Å². The van der Waals surface area contributed by atoms with Gasteiger partial charge in [0.1, 0.15) is 6.61 Å². The second-order valence-corrected chi connectivity index (χ2v) is 6.66. The van der Waals surface area contributed by atoms with Crippen molar-refractivity contribution in [3.63, 3.8) is 0 Å². The van der Waals surface area contributed by atoms with Crippen molar-refractivity contribution in [1.29, 1.82) is 0 Å². The molecule has 2 rings (SSSR count). The summed E-state index contributed by atoms with van der Waals surface area (Å²) in [5, 5.41) is 0. The minimum Gasteiger partial charge on any atom is -0.370 e. The molecule has 0 bridgehead atoms. The van der Waals surface area contributed by atoms with Crippen LogP contribution in [-0.2, 0) is 17.7 Å². The fraction of sp³-hybridized carbons (Fsp3) is 0.733. The van der Waals surface area contributed by atoms with Crippen LogP contribution in [0.25, 0.3) is 0 Å². The number of aryl methyl sites for hydroxylation is 1. The van der Waals surface area contributed by atoms with Crippen molar-refractivity contribution in [2.45, 2.75) is 52.4 Å². The number of hydrogen-bond acceptors (Lipinski definition) is 2. The lowest BCUT2D eigenvalue weighted by Crippen LogP contribution is -2.31. The first-order chi connectivity index (χ1) is 9.59. The van der Waals surface area contributed by atoms with Gasteiger partial charge in [-0.2, -0.15) is 13.2 Å². The van der Waals surface area contributed by atoms with Gasteiger partial charge in [-0.3, -0.25) is 0 Å². The van der Waals surface area contributed by atoms with E-state index in [1.807, 2.05) is 11.5 Å². The molecule has 1 aliphatic rings. The molecule has 2 N–H and O–H groups in total. The summed E-state index contributed by atoms with van der Waals surface area (Å²) in [7, 11) is 0. The van der Waals surface area contributed by atoms with E-state index in [2.05, 4.69) is 19.9 Å². The lowest BCUT2D eigenvalue weighted by Gasteiger charge is -2.34. The molecule has 0 radical (unpaired) electrons. The van der Waals surface area contributed by atoms with Gasteiger partial charge in [-0.15, -0.1) is 0 Å². The van der Waals surface area contributed by atoms with Gasteiger partial charge in [-0.05, 0) is 36.8 Å². The number of nitrogens with two attached hydrogens (primary N) is 1. The fourth-order valence-corrected chi connectivity index (χ4v) is 3.16. The lowest BCUT2D eigenvalue weighted by atomic mass is 9.74. The van der Waals surface area contributed by atoms with Gasteiger partial charge >= 0.3 is 6.18 Å². The average molecular weight is 304 g/mol. The van der Waals surface area contributed by atoms with Crippen LogP contribution in [0.3, 0.4) is 0 Å². The Balaban J connectivity index is 2.08. The van der Waals surface area contributed by atoms with Crippen LogP contribution in [0.15, 0.2) is 6.07 Å². The normalized spacial score (nSPS) is 21.4. The van der Waals surface area contributed by atoms with E-state index in [0.717, 1.165) is 29.8 Å².